The molecule has 0 aromatic rings. The molecule has 1 N–H and O–H groups in total. The molecule has 3 heteroatoms. The Hall–Kier alpha value is 0.270. The third-order valence-corrected chi connectivity index (χ3v) is 3.66. The molecule has 2 fully saturated rings. The van der Waals surface area contributed by atoms with Gasteiger partial charge in [0.2, 0.25) is 0 Å². The molecule has 12 heavy (non-hydrogen) atoms. The fourth-order valence-corrected chi connectivity index (χ4v) is 2.93. The summed E-state index contributed by atoms with van der Waals surface area (Å²) in [7, 11) is 0. The van der Waals surface area contributed by atoms with Crippen LogP contribution in [0.3, 0.4) is 0 Å². The van der Waals surface area contributed by atoms with Crippen molar-refractivity contribution in [1.29, 1.82) is 0 Å². The molecule has 0 amide bonds. The van der Waals surface area contributed by atoms with Crippen LogP contribution in [0.1, 0.15) is 19.3 Å². The van der Waals surface area contributed by atoms with Gasteiger partial charge in [-0.1, -0.05) is 0 Å². The second-order valence-electron chi connectivity index (χ2n) is 3.59. The summed E-state index contributed by atoms with van der Waals surface area (Å²) in [6.07, 6.45) is 4.86. The van der Waals surface area contributed by atoms with Gasteiger partial charge in [-0.05, 0) is 31.6 Å². The highest BCUT2D eigenvalue weighted by atomic mass is 32.2. The molecule has 2 nitrogen and oxygen atoms in total. The normalized spacial score (nSPS) is 37.0. The first kappa shape index (κ1) is 8.85. The van der Waals surface area contributed by atoms with E-state index in [-0.39, 0.29) is 0 Å². The smallest absolute Gasteiger partial charge is 0.0704 e. The van der Waals surface area contributed by atoms with E-state index in [0.29, 0.717) is 12.2 Å². The highest BCUT2D eigenvalue weighted by Gasteiger charge is 2.21. The summed E-state index contributed by atoms with van der Waals surface area (Å²) in [5, 5.41) is 3.38. The maximum absolute atomic E-state index is 5.97. The molecular formula is C9H17NOS. The topological polar surface area (TPSA) is 21.3 Å². The van der Waals surface area contributed by atoms with E-state index < -0.39 is 0 Å². The third kappa shape index (κ3) is 2.38. The van der Waals surface area contributed by atoms with Crippen molar-refractivity contribution in [2.75, 3.05) is 24.6 Å². The number of piperidine rings is 1. The molecule has 2 aliphatic rings. The maximum Gasteiger partial charge on any atom is 0.0704 e. The van der Waals surface area contributed by atoms with Gasteiger partial charge in [-0.25, -0.2) is 0 Å². The SMILES string of the molecule is C1CNCC(OC2CCSC2)C1. The molecule has 0 aliphatic carbocycles. The Kier molecular flexibility index (Phi) is 3.31. The second kappa shape index (κ2) is 4.49. The second-order valence-corrected chi connectivity index (χ2v) is 4.74. The van der Waals surface area contributed by atoms with Gasteiger partial charge < -0.3 is 10.1 Å². The molecule has 2 heterocycles. The summed E-state index contributed by atoms with van der Waals surface area (Å²) in [5.74, 6) is 2.52. The van der Waals surface area contributed by atoms with E-state index in [0.717, 1.165) is 6.54 Å². The highest BCUT2D eigenvalue weighted by molar-refractivity contribution is 7.99. The van der Waals surface area contributed by atoms with Gasteiger partial charge in [-0.2, -0.15) is 11.8 Å². The lowest BCUT2D eigenvalue weighted by Gasteiger charge is -2.25. The fourth-order valence-electron chi connectivity index (χ4n) is 1.83. The Labute approximate surface area is 78.4 Å². The molecule has 0 radical (unpaired) electrons. The fraction of sp³-hybridized carbons (Fsp3) is 1.00. The van der Waals surface area contributed by atoms with Crippen molar-refractivity contribution in [3.05, 3.63) is 0 Å². The first-order valence-electron chi connectivity index (χ1n) is 4.89. The summed E-state index contributed by atoms with van der Waals surface area (Å²) in [4.78, 5) is 0. The van der Waals surface area contributed by atoms with Gasteiger partial charge in [0.25, 0.3) is 0 Å². The average molecular weight is 187 g/mol. The predicted molar refractivity (Wildman–Crippen MR) is 52.7 cm³/mol. The lowest BCUT2D eigenvalue weighted by atomic mass is 10.1. The predicted octanol–water partition coefficient (Wildman–Crippen LogP) is 1.26. The number of ether oxygens (including phenoxy) is 1. The van der Waals surface area contributed by atoms with Crippen LogP contribution < -0.4 is 5.32 Å². The van der Waals surface area contributed by atoms with Gasteiger partial charge in [-0.15, -0.1) is 0 Å². The van der Waals surface area contributed by atoms with Crippen LogP contribution in [0, 0.1) is 0 Å². The zero-order chi connectivity index (χ0) is 8.23. The molecule has 0 bridgehead atoms. The van der Waals surface area contributed by atoms with E-state index >= 15 is 0 Å². The molecule has 2 unspecified atom stereocenters. The molecule has 0 aromatic carbocycles. The van der Waals surface area contributed by atoms with Gasteiger partial charge in [0.15, 0.2) is 0 Å². The minimum atomic E-state index is 0.502. The molecule has 2 atom stereocenters. The molecule has 2 aliphatic heterocycles. The Morgan fingerprint density at radius 1 is 1.25 bits per heavy atom. The quantitative estimate of drug-likeness (QED) is 0.703. The molecule has 0 spiro atoms. The zero-order valence-electron chi connectivity index (χ0n) is 7.42. The maximum atomic E-state index is 5.97. The first-order valence-corrected chi connectivity index (χ1v) is 6.04. The molecule has 70 valence electrons. The summed E-state index contributed by atoms with van der Waals surface area (Å²) >= 11 is 2.03. The van der Waals surface area contributed by atoms with Crippen molar-refractivity contribution in [2.45, 2.75) is 31.5 Å². The molecule has 2 rings (SSSR count). The molecule has 0 aromatic heterocycles. The Morgan fingerprint density at radius 3 is 2.92 bits per heavy atom. The van der Waals surface area contributed by atoms with E-state index in [1.54, 1.807) is 0 Å². The van der Waals surface area contributed by atoms with Crippen molar-refractivity contribution in [2.24, 2.45) is 0 Å². The van der Waals surface area contributed by atoms with E-state index in [9.17, 15) is 0 Å². The van der Waals surface area contributed by atoms with Gasteiger partial charge >= 0.3 is 0 Å². The van der Waals surface area contributed by atoms with Crippen molar-refractivity contribution in [3.8, 4) is 0 Å². The van der Waals surface area contributed by atoms with Crippen LogP contribution in [0.25, 0.3) is 0 Å². The van der Waals surface area contributed by atoms with Gasteiger partial charge in [0.1, 0.15) is 0 Å². The number of nitrogens with one attached hydrogen (secondary N) is 1. The average Bonchev–Trinajstić information content (AvgIpc) is 2.59. The minimum absolute atomic E-state index is 0.502. The van der Waals surface area contributed by atoms with E-state index in [4.69, 9.17) is 4.74 Å². The van der Waals surface area contributed by atoms with Crippen LogP contribution in [0.4, 0.5) is 0 Å². The van der Waals surface area contributed by atoms with Crippen molar-refractivity contribution in [1.82, 2.24) is 5.32 Å². The Morgan fingerprint density at radius 2 is 2.25 bits per heavy atom. The van der Waals surface area contributed by atoms with Crippen LogP contribution >= 0.6 is 11.8 Å². The van der Waals surface area contributed by atoms with E-state index in [2.05, 4.69) is 5.32 Å². The lowest BCUT2D eigenvalue weighted by molar-refractivity contribution is -0.00941. The Bertz CT molecular complexity index is 130. The lowest BCUT2D eigenvalue weighted by Crippen LogP contribution is -2.37. The number of rotatable bonds is 2. The first-order chi connectivity index (χ1) is 5.95. The van der Waals surface area contributed by atoms with E-state index in [1.807, 2.05) is 11.8 Å². The summed E-state index contributed by atoms with van der Waals surface area (Å²) in [6.45, 7) is 2.25. The van der Waals surface area contributed by atoms with Crippen LogP contribution in [0.5, 0.6) is 0 Å². The van der Waals surface area contributed by atoms with Crippen molar-refractivity contribution >= 4 is 11.8 Å². The largest absolute Gasteiger partial charge is 0.373 e. The Balaban J connectivity index is 1.69. The van der Waals surface area contributed by atoms with Crippen LogP contribution in [0.2, 0.25) is 0 Å². The monoisotopic (exact) mass is 187 g/mol. The van der Waals surface area contributed by atoms with Crippen molar-refractivity contribution in [3.63, 3.8) is 0 Å². The highest BCUT2D eigenvalue weighted by Crippen LogP contribution is 2.22. The van der Waals surface area contributed by atoms with E-state index in [1.165, 1.54) is 37.3 Å². The summed E-state index contributed by atoms with van der Waals surface area (Å²) in [5.41, 5.74) is 0. The minimum Gasteiger partial charge on any atom is -0.373 e. The molecule has 0 saturated carbocycles. The van der Waals surface area contributed by atoms with Crippen molar-refractivity contribution < 1.29 is 4.74 Å². The van der Waals surface area contributed by atoms with Gasteiger partial charge in [0, 0.05) is 12.3 Å². The van der Waals surface area contributed by atoms with Crippen LogP contribution in [-0.2, 0) is 4.74 Å². The van der Waals surface area contributed by atoms with Gasteiger partial charge in [0.05, 0.1) is 12.2 Å². The number of thioether (sulfide) groups is 1. The third-order valence-electron chi connectivity index (χ3n) is 2.52. The van der Waals surface area contributed by atoms with Crippen LogP contribution in [-0.4, -0.2) is 36.8 Å². The number of hydrogen-bond acceptors (Lipinski definition) is 3. The summed E-state index contributed by atoms with van der Waals surface area (Å²) in [6, 6.07) is 0. The zero-order valence-corrected chi connectivity index (χ0v) is 8.24. The standard InChI is InChI=1S/C9H17NOS/c1-2-8(6-10-4-1)11-9-3-5-12-7-9/h8-10H,1-7H2. The summed E-state index contributed by atoms with van der Waals surface area (Å²) < 4.78 is 5.97. The van der Waals surface area contributed by atoms with Crippen LogP contribution in [0.15, 0.2) is 0 Å². The van der Waals surface area contributed by atoms with Gasteiger partial charge in [-0.3, -0.25) is 0 Å². The molecular weight excluding hydrogens is 170 g/mol. The molecule has 2 saturated heterocycles. The number of hydrogen-bond donors (Lipinski definition) is 1.